The van der Waals surface area contributed by atoms with Gasteiger partial charge in [0.05, 0.1) is 5.02 Å². The summed E-state index contributed by atoms with van der Waals surface area (Å²) in [5.74, 6) is -0.127. The molecule has 21 heavy (non-hydrogen) atoms. The third-order valence-corrected chi connectivity index (χ3v) is 2.73. The lowest BCUT2D eigenvalue weighted by molar-refractivity contribution is 0.628. The Balaban J connectivity index is 1.93. The minimum absolute atomic E-state index is 0.00575. The second-order valence-corrected chi connectivity index (χ2v) is 4.32. The van der Waals surface area contributed by atoms with E-state index >= 15 is 0 Å². The van der Waals surface area contributed by atoms with Gasteiger partial charge < -0.3 is 11.1 Å². The first-order valence-corrected chi connectivity index (χ1v) is 6.08. The molecule has 0 saturated carbocycles. The number of rotatable bonds is 3. The van der Waals surface area contributed by atoms with Crippen LogP contribution in [0.3, 0.4) is 0 Å². The van der Waals surface area contributed by atoms with Crippen LogP contribution in [0.5, 0.6) is 0 Å². The Morgan fingerprint density at radius 1 is 1.24 bits per heavy atom. The molecule has 3 N–H and O–H groups in total. The number of nitrogens with one attached hydrogen (secondary N) is 1. The number of hydrogen-bond acceptors (Lipinski definition) is 7. The van der Waals surface area contributed by atoms with Gasteiger partial charge in [0.15, 0.2) is 0 Å². The Labute approximate surface area is 122 Å². The van der Waals surface area contributed by atoms with E-state index in [1.54, 1.807) is 0 Å². The van der Waals surface area contributed by atoms with Crippen LogP contribution in [0.15, 0.2) is 30.9 Å². The highest BCUT2D eigenvalue weighted by Gasteiger charge is 2.08. The standard InChI is InChI=1S/C11H8ClFN8/c12-7-3-6(1-2-8(7)13)17-10-18-9(14)19-11(20-10)21-5-15-4-16-21/h1-5H,(H3,14,17,18,19,20). The van der Waals surface area contributed by atoms with Gasteiger partial charge in [-0.3, -0.25) is 0 Å². The van der Waals surface area contributed by atoms with E-state index in [9.17, 15) is 4.39 Å². The van der Waals surface area contributed by atoms with Crippen LogP contribution in [0.2, 0.25) is 5.02 Å². The van der Waals surface area contributed by atoms with Crippen molar-refractivity contribution in [3.63, 3.8) is 0 Å². The van der Waals surface area contributed by atoms with Crippen molar-refractivity contribution in [3.8, 4) is 5.95 Å². The maximum atomic E-state index is 13.1. The zero-order valence-electron chi connectivity index (χ0n) is 10.4. The Bertz CT molecular complexity index is 776. The average molecular weight is 307 g/mol. The molecule has 3 aromatic rings. The first kappa shape index (κ1) is 13.2. The number of anilines is 3. The molecule has 0 radical (unpaired) electrons. The fraction of sp³-hybridized carbons (Fsp3) is 0. The van der Waals surface area contributed by atoms with Gasteiger partial charge in [0, 0.05) is 5.69 Å². The molecule has 0 aliphatic heterocycles. The molecule has 0 unspecified atom stereocenters. The van der Waals surface area contributed by atoms with Crippen molar-refractivity contribution in [2.45, 2.75) is 0 Å². The van der Waals surface area contributed by atoms with Crippen LogP contribution in [-0.4, -0.2) is 29.7 Å². The molecular weight excluding hydrogens is 299 g/mol. The fourth-order valence-electron chi connectivity index (χ4n) is 1.55. The SMILES string of the molecule is Nc1nc(Nc2ccc(F)c(Cl)c2)nc(-n2cncn2)n1. The molecule has 0 bridgehead atoms. The Morgan fingerprint density at radius 3 is 2.81 bits per heavy atom. The first-order chi connectivity index (χ1) is 10.1. The molecule has 0 spiro atoms. The largest absolute Gasteiger partial charge is 0.368 e. The van der Waals surface area contributed by atoms with Crippen LogP contribution in [0, 0.1) is 5.82 Å². The van der Waals surface area contributed by atoms with Crippen molar-refractivity contribution in [3.05, 3.63) is 41.7 Å². The summed E-state index contributed by atoms with van der Waals surface area (Å²) in [5.41, 5.74) is 6.13. The molecule has 0 fully saturated rings. The molecule has 0 aliphatic carbocycles. The molecule has 2 heterocycles. The normalized spacial score (nSPS) is 10.6. The molecule has 0 atom stereocenters. The second-order valence-electron chi connectivity index (χ2n) is 3.91. The molecule has 3 rings (SSSR count). The van der Waals surface area contributed by atoms with Gasteiger partial charge >= 0.3 is 0 Å². The van der Waals surface area contributed by atoms with E-state index in [1.165, 1.54) is 35.5 Å². The summed E-state index contributed by atoms with van der Waals surface area (Å²) in [7, 11) is 0. The van der Waals surface area contributed by atoms with Gasteiger partial charge in [0.25, 0.3) is 5.95 Å². The molecule has 0 aliphatic rings. The molecule has 2 aromatic heterocycles. The first-order valence-electron chi connectivity index (χ1n) is 5.70. The van der Waals surface area contributed by atoms with Crippen molar-refractivity contribution >= 4 is 29.2 Å². The second kappa shape index (κ2) is 5.29. The minimum Gasteiger partial charge on any atom is -0.368 e. The predicted octanol–water partition coefficient (Wildman–Crippen LogP) is 1.57. The van der Waals surface area contributed by atoms with E-state index in [4.69, 9.17) is 17.3 Å². The van der Waals surface area contributed by atoms with Crippen molar-refractivity contribution in [1.82, 2.24) is 29.7 Å². The summed E-state index contributed by atoms with van der Waals surface area (Å²) in [5, 5.41) is 6.75. The van der Waals surface area contributed by atoms with E-state index in [0.717, 1.165) is 0 Å². The summed E-state index contributed by atoms with van der Waals surface area (Å²) in [6.07, 6.45) is 2.76. The van der Waals surface area contributed by atoms with E-state index in [0.29, 0.717) is 5.69 Å². The molecule has 106 valence electrons. The quantitative estimate of drug-likeness (QED) is 0.756. The van der Waals surface area contributed by atoms with Crippen LogP contribution in [0.1, 0.15) is 0 Å². The smallest absolute Gasteiger partial charge is 0.258 e. The lowest BCUT2D eigenvalue weighted by Gasteiger charge is -2.07. The fourth-order valence-corrected chi connectivity index (χ4v) is 1.73. The van der Waals surface area contributed by atoms with Crippen LogP contribution in [0.25, 0.3) is 5.95 Å². The van der Waals surface area contributed by atoms with Gasteiger partial charge in [-0.05, 0) is 18.2 Å². The van der Waals surface area contributed by atoms with Crippen LogP contribution in [-0.2, 0) is 0 Å². The van der Waals surface area contributed by atoms with Crippen molar-refractivity contribution in [2.75, 3.05) is 11.1 Å². The molecule has 1 aromatic carbocycles. The lowest BCUT2D eigenvalue weighted by Crippen LogP contribution is -2.09. The number of aromatic nitrogens is 6. The summed E-state index contributed by atoms with van der Waals surface area (Å²) in [4.78, 5) is 15.8. The highest BCUT2D eigenvalue weighted by molar-refractivity contribution is 6.31. The number of nitrogens with two attached hydrogens (primary N) is 1. The third kappa shape index (κ3) is 2.87. The molecule has 8 nitrogen and oxygen atoms in total. The number of benzene rings is 1. The highest BCUT2D eigenvalue weighted by atomic mass is 35.5. The van der Waals surface area contributed by atoms with E-state index < -0.39 is 5.82 Å². The van der Waals surface area contributed by atoms with E-state index in [1.807, 2.05) is 0 Å². The zero-order chi connectivity index (χ0) is 14.8. The van der Waals surface area contributed by atoms with Crippen molar-refractivity contribution in [2.24, 2.45) is 0 Å². The number of hydrogen-bond donors (Lipinski definition) is 2. The topological polar surface area (TPSA) is 107 Å². The lowest BCUT2D eigenvalue weighted by atomic mass is 10.3. The number of nitrogen functional groups attached to an aromatic ring is 1. The van der Waals surface area contributed by atoms with Crippen molar-refractivity contribution in [1.29, 1.82) is 0 Å². The van der Waals surface area contributed by atoms with Gasteiger partial charge in [-0.1, -0.05) is 11.6 Å². The Morgan fingerprint density at radius 2 is 2.10 bits per heavy atom. The van der Waals surface area contributed by atoms with Gasteiger partial charge in [0.1, 0.15) is 18.5 Å². The zero-order valence-corrected chi connectivity index (χ0v) is 11.2. The summed E-state index contributed by atoms with van der Waals surface area (Å²) in [6, 6.07) is 4.13. The Kier molecular flexibility index (Phi) is 3.32. The van der Waals surface area contributed by atoms with E-state index in [2.05, 4.69) is 30.4 Å². The molecular formula is C11H8ClFN8. The summed E-state index contributed by atoms with van der Waals surface area (Å²) < 4.78 is 14.4. The monoisotopic (exact) mass is 306 g/mol. The van der Waals surface area contributed by atoms with Gasteiger partial charge in [-0.15, -0.1) is 0 Å². The van der Waals surface area contributed by atoms with Crippen molar-refractivity contribution < 1.29 is 4.39 Å². The third-order valence-electron chi connectivity index (χ3n) is 2.44. The maximum absolute atomic E-state index is 13.1. The van der Waals surface area contributed by atoms with Crippen LogP contribution < -0.4 is 11.1 Å². The van der Waals surface area contributed by atoms with E-state index in [-0.39, 0.29) is 22.9 Å². The maximum Gasteiger partial charge on any atom is 0.258 e. The molecule has 10 heteroatoms. The Hall–Kier alpha value is -2.81. The van der Waals surface area contributed by atoms with Crippen LogP contribution >= 0.6 is 11.6 Å². The average Bonchev–Trinajstić information content (AvgIpc) is 2.96. The van der Waals surface area contributed by atoms with Gasteiger partial charge in [-0.25, -0.2) is 9.37 Å². The number of halogens is 2. The van der Waals surface area contributed by atoms with Gasteiger partial charge in [0.2, 0.25) is 11.9 Å². The minimum atomic E-state index is -0.513. The predicted molar refractivity (Wildman–Crippen MR) is 73.8 cm³/mol. The summed E-state index contributed by atoms with van der Waals surface area (Å²) in [6.45, 7) is 0. The highest BCUT2D eigenvalue weighted by Crippen LogP contribution is 2.21. The molecule has 0 saturated heterocycles. The van der Waals surface area contributed by atoms with Crippen LogP contribution in [0.4, 0.5) is 22.0 Å². The number of nitrogens with zero attached hydrogens (tertiary/aromatic N) is 6. The van der Waals surface area contributed by atoms with Gasteiger partial charge in [-0.2, -0.15) is 24.7 Å². The summed E-state index contributed by atoms with van der Waals surface area (Å²) >= 11 is 5.71. The molecule has 0 amide bonds.